The number of rotatable bonds is 5. The summed E-state index contributed by atoms with van der Waals surface area (Å²) in [7, 11) is 0. The topological polar surface area (TPSA) is 95.9 Å². The van der Waals surface area contributed by atoms with Gasteiger partial charge in [-0.15, -0.1) is 0 Å². The number of aliphatic hydroxyl groups is 2. The minimum atomic E-state index is -1.15. The molecule has 0 aliphatic rings. The Morgan fingerprint density at radius 3 is 2.52 bits per heavy atom. The van der Waals surface area contributed by atoms with Crippen molar-refractivity contribution in [1.82, 2.24) is 0 Å². The molecule has 23 heavy (non-hydrogen) atoms. The highest BCUT2D eigenvalue weighted by molar-refractivity contribution is 8.13. The molecule has 1 rings (SSSR count). The Balaban J connectivity index is 2.72. The lowest BCUT2D eigenvalue weighted by molar-refractivity contribution is -0.109. The molecule has 128 valence electrons. The van der Waals surface area contributed by atoms with Crippen molar-refractivity contribution >= 4 is 28.7 Å². The van der Waals surface area contributed by atoms with Crippen LogP contribution in [-0.4, -0.2) is 38.9 Å². The van der Waals surface area contributed by atoms with Gasteiger partial charge in [-0.2, -0.15) is 0 Å². The Labute approximate surface area is 140 Å². The number of thioether (sulfide) groups is 1. The summed E-state index contributed by atoms with van der Waals surface area (Å²) in [5, 5.41) is 22.5. The fourth-order valence-electron chi connectivity index (χ4n) is 1.74. The average molecular weight is 341 g/mol. The van der Waals surface area contributed by atoms with Gasteiger partial charge < -0.3 is 14.9 Å². The van der Waals surface area contributed by atoms with Crippen LogP contribution in [0.4, 0.5) is 10.5 Å². The molecule has 1 amide bonds. The molecule has 2 unspecified atom stereocenters. The van der Waals surface area contributed by atoms with Crippen molar-refractivity contribution in [3.8, 4) is 0 Å². The van der Waals surface area contributed by atoms with E-state index in [4.69, 9.17) is 4.74 Å². The minimum absolute atomic E-state index is 0.0974. The highest BCUT2D eigenvalue weighted by atomic mass is 32.2. The van der Waals surface area contributed by atoms with Gasteiger partial charge in [0.05, 0.1) is 6.10 Å². The summed E-state index contributed by atoms with van der Waals surface area (Å²) in [6, 6.07) is 6.48. The molecule has 0 aliphatic heterocycles. The van der Waals surface area contributed by atoms with E-state index < -0.39 is 23.9 Å². The highest BCUT2D eigenvalue weighted by Crippen LogP contribution is 2.23. The molecule has 1 aromatic carbocycles. The van der Waals surface area contributed by atoms with Gasteiger partial charge in [-0.25, -0.2) is 4.79 Å². The number of amides is 1. The lowest BCUT2D eigenvalue weighted by atomic mass is 10.0. The van der Waals surface area contributed by atoms with E-state index in [-0.39, 0.29) is 10.9 Å². The van der Waals surface area contributed by atoms with Crippen molar-refractivity contribution in [3.63, 3.8) is 0 Å². The molecular weight excluding hydrogens is 318 g/mol. The molecule has 0 radical (unpaired) electrons. The maximum Gasteiger partial charge on any atom is 0.412 e. The van der Waals surface area contributed by atoms with Crippen LogP contribution in [0.3, 0.4) is 0 Å². The molecule has 0 bridgehead atoms. The number of ether oxygens (including phenoxy) is 1. The first-order valence-corrected chi connectivity index (χ1v) is 8.16. The van der Waals surface area contributed by atoms with E-state index >= 15 is 0 Å². The SMILES string of the molecule is CC(=O)SCC(O)C(O)c1cccc(NC(=O)OC(C)(C)C)c1. The van der Waals surface area contributed by atoms with Gasteiger partial charge in [0.1, 0.15) is 11.7 Å². The summed E-state index contributed by atoms with van der Waals surface area (Å²) in [5.41, 5.74) is 0.277. The normalized spacial score (nSPS) is 14.0. The number of carbonyl (C=O) groups is 2. The number of aliphatic hydroxyl groups excluding tert-OH is 2. The van der Waals surface area contributed by atoms with Crippen LogP contribution in [0.1, 0.15) is 39.4 Å². The first-order valence-electron chi connectivity index (χ1n) is 7.18. The van der Waals surface area contributed by atoms with Crippen LogP contribution in [-0.2, 0) is 9.53 Å². The zero-order valence-electron chi connectivity index (χ0n) is 13.7. The zero-order chi connectivity index (χ0) is 17.6. The predicted octanol–water partition coefficient (Wildman–Crippen LogP) is 2.71. The molecule has 0 saturated heterocycles. The Morgan fingerprint density at radius 1 is 1.30 bits per heavy atom. The summed E-state index contributed by atoms with van der Waals surface area (Å²) in [6.45, 7) is 6.68. The monoisotopic (exact) mass is 341 g/mol. The Bertz CT molecular complexity index is 556. The van der Waals surface area contributed by atoms with Crippen molar-refractivity contribution in [2.75, 3.05) is 11.1 Å². The first kappa shape index (κ1) is 19.5. The predicted molar refractivity (Wildman–Crippen MR) is 90.4 cm³/mol. The second-order valence-corrected chi connectivity index (χ2v) is 7.26. The van der Waals surface area contributed by atoms with Crippen molar-refractivity contribution < 1.29 is 24.5 Å². The van der Waals surface area contributed by atoms with Crippen LogP contribution in [0, 0.1) is 0 Å². The van der Waals surface area contributed by atoms with E-state index in [9.17, 15) is 19.8 Å². The average Bonchev–Trinajstić information content (AvgIpc) is 2.42. The van der Waals surface area contributed by atoms with Crippen molar-refractivity contribution in [2.45, 2.75) is 45.5 Å². The van der Waals surface area contributed by atoms with Crippen molar-refractivity contribution in [3.05, 3.63) is 29.8 Å². The lowest BCUT2D eigenvalue weighted by Gasteiger charge is -2.20. The smallest absolute Gasteiger partial charge is 0.412 e. The van der Waals surface area contributed by atoms with Gasteiger partial charge in [0, 0.05) is 18.4 Å². The van der Waals surface area contributed by atoms with E-state index in [1.54, 1.807) is 45.0 Å². The van der Waals surface area contributed by atoms with Gasteiger partial charge in [0.15, 0.2) is 5.12 Å². The maximum atomic E-state index is 11.7. The van der Waals surface area contributed by atoms with E-state index in [1.165, 1.54) is 6.92 Å². The van der Waals surface area contributed by atoms with Crippen LogP contribution in [0.15, 0.2) is 24.3 Å². The molecule has 0 aromatic heterocycles. The van der Waals surface area contributed by atoms with Crippen LogP contribution in [0.2, 0.25) is 0 Å². The van der Waals surface area contributed by atoms with Gasteiger partial charge in [-0.3, -0.25) is 10.1 Å². The quantitative estimate of drug-likeness (QED) is 0.762. The standard InChI is InChI=1S/C16H23NO5S/c1-10(18)23-9-13(19)14(20)11-6-5-7-12(8-11)17-15(21)22-16(2,3)4/h5-8,13-14,19-20H,9H2,1-4H3,(H,17,21). The molecule has 0 spiro atoms. The van der Waals surface area contributed by atoms with Crippen molar-refractivity contribution in [1.29, 1.82) is 0 Å². The van der Waals surface area contributed by atoms with E-state index in [1.807, 2.05) is 0 Å². The van der Waals surface area contributed by atoms with Crippen LogP contribution < -0.4 is 5.32 Å². The summed E-state index contributed by atoms with van der Waals surface area (Å²) >= 11 is 0.945. The van der Waals surface area contributed by atoms with E-state index in [0.717, 1.165) is 11.8 Å². The minimum Gasteiger partial charge on any atom is -0.444 e. The summed E-state index contributed by atoms with van der Waals surface area (Å²) in [4.78, 5) is 22.6. The molecule has 6 nitrogen and oxygen atoms in total. The highest BCUT2D eigenvalue weighted by Gasteiger charge is 2.20. The number of hydrogen-bond donors (Lipinski definition) is 3. The molecule has 7 heteroatoms. The van der Waals surface area contributed by atoms with Crippen molar-refractivity contribution in [2.24, 2.45) is 0 Å². The summed E-state index contributed by atoms with van der Waals surface area (Å²) in [6.07, 6.45) is -2.83. The molecule has 2 atom stereocenters. The third-order valence-corrected chi connectivity index (χ3v) is 3.61. The Morgan fingerprint density at radius 2 is 1.96 bits per heavy atom. The number of carbonyl (C=O) groups excluding carboxylic acids is 2. The third kappa shape index (κ3) is 7.49. The van der Waals surface area contributed by atoms with Gasteiger partial charge in [-0.05, 0) is 38.5 Å². The first-order chi connectivity index (χ1) is 10.6. The number of nitrogens with one attached hydrogen (secondary N) is 1. The molecule has 1 aromatic rings. The second kappa shape index (κ2) is 8.33. The Hall–Kier alpha value is -1.57. The molecule has 0 fully saturated rings. The second-order valence-electron chi connectivity index (χ2n) is 6.07. The fraction of sp³-hybridized carbons (Fsp3) is 0.500. The molecule has 0 heterocycles. The van der Waals surface area contributed by atoms with Gasteiger partial charge >= 0.3 is 6.09 Å². The molecule has 0 aliphatic carbocycles. The van der Waals surface area contributed by atoms with Gasteiger partial charge in [0.25, 0.3) is 0 Å². The summed E-state index contributed by atoms with van der Waals surface area (Å²) < 4.78 is 5.15. The lowest BCUT2D eigenvalue weighted by Crippen LogP contribution is -2.27. The van der Waals surface area contributed by atoms with Gasteiger partial charge in [0.2, 0.25) is 0 Å². The Kier molecular flexibility index (Phi) is 7.05. The molecular formula is C16H23NO5S. The molecule has 0 saturated carbocycles. The van der Waals surface area contributed by atoms with Crippen LogP contribution in [0.5, 0.6) is 0 Å². The zero-order valence-corrected chi connectivity index (χ0v) is 14.5. The largest absolute Gasteiger partial charge is 0.444 e. The number of benzene rings is 1. The van der Waals surface area contributed by atoms with E-state index in [2.05, 4.69) is 5.32 Å². The fourth-order valence-corrected chi connectivity index (χ4v) is 2.33. The van der Waals surface area contributed by atoms with Crippen LogP contribution in [0.25, 0.3) is 0 Å². The van der Waals surface area contributed by atoms with Crippen LogP contribution >= 0.6 is 11.8 Å². The maximum absolute atomic E-state index is 11.7. The molecule has 3 N–H and O–H groups in total. The third-order valence-electron chi connectivity index (χ3n) is 2.70. The van der Waals surface area contributed by atoms with Gasteiger partial charge in [-0.1, -0.05) is 23.9 Å². The number of anilines is 1. The number of hydrogen-bond acceptors (Lipinski definition) is 6. The van der Waals surface area contributed by atoms with E-state index in [0.29, 0.717) is 11.3 Å². The summed E-state index contributed by atoms with van der Waals surface area (Å²) in [5.74, 6) is 0.0974.